The number of aromatic nitrogens is 2. The summed E-state index contributed by atoms with van der Waals surface area (Å²) >= 11 is 2.93. The molecule has 2 rings (SSSR count). The van der Waals surface area contributed by atoms with Crippen molar-refractivity contribution >= 4 is 15.9 Å². The number of H-pyrrole nitrogens is 1. The number of ether oxygens (including phenoxy) is 1. The molecule has 1 aromatic carbocycles. The summed E-state index contributed by atoms with van der Waals surface area (Å²) in [4.78, 5) is 17.2. The second kappa shape index (κ2) is 4.62. The summed E-state index contributed by atoms with van der Waals surface area (Å²) in [6.07, 6.45) is 1.10. The molecule has 0 aliphatic rings. The Labute approximate surface area is 102 Å². The molecule has 7 heteroatoms. The summed E-state index contributed by atoms with van der Waals surface area (Å²) in [5, 5.41) is 0. The predicted molar refractivity (Wildman–Crippen MR) is 59.0 cm³/mol. The smallest absolute Gasteiger partial charge is 0.268 e. The normalized spacial score (nSPS) is 10.3. The largest absolute Gasteiger partial charge is 0.434 e. The van der Waals surface area contributed by atoms with Crippen molar-refractivity contribution in [2.24, 2.45) is 0 Å². The highest BCUT2D eigenvalue weighted by Crippen LogP contribution is 2.26. The molecule has 1 heterocycles. The summed E-state index contributed by atoms with van der Waals surface area (Å²) in [6, 6.07) is 2.75. The van der Waals surface area contributed by atoms with E-state index in [1.165, 1.54) is 0 Å². The molecular weight excluding hydrogens is 298 g/mol. The number of rotatable bonds is 2. The van der Waals surface area contributed by atoms with Crippen molar-refractivity contribution < 1.29 is 13.5 Å². The van der Waals surface area contributed by atoms with Crippen LogP contribution >= 0.6 is 15.9 Å². The van der Waals surface area contributed by atoms with E-state index in [0.29, 0.717) is 0 Å². The number of hydrogen-bond acceptors (Lipinski definition) is 3. The van der Waals surface area contributed by atoms with Gasteiger partial charge in [0.25, 0.3) is 5.56 Å². The van der Waals surface area contributed by atoms with E-state index in [4.69, 9.17) is 4.74 Å². The zero-order chi connectivity index (χ0) is 12.4. The van der Waals surface area contributed by atoms with Crippen molar-refractivity contribution in [1.82, 2.24) is 9.97 Å². The maximum absolute atomic E-state index is 13.3. The minimum atomic E-state index is -0.750. The van der Waals surface area contributed by atoms with Crippen LogP contribution in [0, 0.1) is 11.6 Å². The summed E-state index contributed by atoms with van der Waals surface area (Å²) in [5.41, 5.74) is -0.480. The molecule has 0 bridgehead atoms. The van der Waals surface area contributed by atoms with Crippen LogP contribution in [0.15, 0.2) is 33.8 Å². The van der Waals surface area contributed by atoms with Crippen LogP contribution in [0.2, 0.25) is 0 Å². The van der Waals surface area contributed by atoms with Gasteiger partial charge in [0.1, 0.15) is 10.3 Å². The first-order chi connectivity index (χ1) is 8.08. The first-order valence-corrected chi connectivity index (χ1v) is 5.23. The van der Waals surface area contributed by atoms with Crippen molar-refractivity contribution in [3.05, 3.63) is 51.0 Å². The van der Waals surface area contributed by atoms with Crippen molar-refractivity contribution in [1.29, 1.82) is 0 Å². The van der Waals surface area contributed by atoms with E-state index in [1.807, 2.05) is 0 Å². The van der Waals surface area contributed by atoms with Crippen LogP contribution in [0.25, 0.3) is 0 Å². The molecule has 88 valence electrons. The molecule has 0 atom stereocenters. The molecule has 0 unspecified atom stereocenters. The number of halogens is 3. The van der Waals surface area contributed by atoms with E-state index >= 15 is 0 Å². The van der Waals surface area contributed by atoms with E-state index in [9.17, 15) is 13.6 Å². The Balaban J connectivity index is 2.41. The van der Waals surface area contributed by atoms with Crippen LogP contribution in [0.5, 0.6) is 11.6 Å². The fraction of sp³-hybridized carbons (Fsp3) is 0. The molecular formula is C10H5BrF2N2O2. The number of benzene rings is 1. The lowest BCUT2D eigenvalue weighted by molar-refractivity contribution is 0.418. The van der Waals surface area contributed by atoms with Gasteiger partial charge in [-0.05, 0) is 28.1 Å². The van der Waals surface area contributed by atoms with Crippen LogP contribution in [-0.4, -0.2) is 9.97 Å². The fourth-order valence-electron chi connectivity index (χ4n) is 1.10. The minimum Gasteiger partial charge on any atom is -0.434 e. The summed E-state index contributed by atoms with van der Waals surface area (Å²) in [7, 11) is 0. The van der Waals surface area contributed by atoms with Crippen LogP contribution in [0.3, 0.4) is 0 Å². The molecule has 0 radical (unpaired) electrons. The van der Waals surface area contributed by atoms with E-state index in [2.05, 4.69) is 25.9 Å². The predicted octanol–water partition coefficient (Wildman–Crippen LogP) is 2.60. The fourth-order valence-corrected chi connectivity index (χ4v) is 1.40. The Bertz CT molecular complexity index is 615. The average Bonchev–Trinajstić information content (AvgIpc) is 2.30. The zero-order valence-electron chi connectivity index (χ0n) is 8.21. The highest BCUT2D eigenvalue weighted by Gasteiger charge is 2.11. The quantitative estimate of drug-likeness (QED) is 0.928. The van der Waals surface area contributed by atoms with Gasteiger partial charge in [0.15, 0.2) is 11.6 Å². The van der Waals surface area contributed by atoms with Crippen molar-refractivity contribution in [3.63, 3.8) is 0 Å². The second-order valence-electron chi connectivity index (χ2n) is 3.03. The average molecular weight is 303 g/mol. The van der Waals surface area contributed by atoms with Crippen molar-refractivity contribution in [2.45, 2.75) is 0 Å². The molecule has 4 nitrogen and oxygen atoms in total. The number of nitrogens with zero attached hydrogens (tertiary/aromatic N) is 1. The van der Waals surface area contributed by atoms with E-state index < -0.39 is 17.2 Å². The Morgan fingerprint density at radius 3 is 2.88 bits per heavy atom. The van der Waals surface area contributed by atoms with Gasteiger partial charge in [-0.1, -0.05) is 0 Å². The molecule has 0 spiro atoms. The molecule has 0 saturated carbocycles. The molecule has 0 aliphatic heterocycles. The Morgan fingerprint density at radius 2 is 2.12 bits per heavy atom. The first kappa shape index (κ1) is 11.7. The Morgan fingerprint density at radius 1 is 1.35 bits per heavy atom. The van der Waals surface area contributed by atoms with Gasteiger partial charge >= 0.3 is 0 Å². The van der Waals surface area contributed by atoms with Gasteiger partial charge < -0.3 is 9.72 Å². The Hall–Kier alpha value is -1.76. The molecule has 1 aromatic heterocycles. The van der Waals surface area contributed by atoms with Crippen LogP contribution < -0.4 is 10.3 Å². The standard InChI is InChI=1S/C10H5BrF2N2O2/c11-8-9(16)14-4-15-10(8)17-7-3-5(12)1-2-6(7)13/h1-4H,(H,14,15,16). The van der Waals surface area contributed by atoms with Gasteiger partial charge in [0.05, 0.1) is 6.33 Å². The van der Waals surface area contributed by atoms with Gasteiger partial charge in [0, 0.05) is 6.07 Å². The SMILES string of the molecule is O=c1[nH]cnc(Oc2cc(F)ccc2F)c1Br. The lowest BCUT2D eigenvalue weighted by Gasteiger charge is -2.06. The van der Waals surface area contributed by atoms with E-state index in [1.54, 1.807) is 0 Å². The van der Waals surface area contributed by atoms with Gasteiger partial charge in [-0.2, -0.15) is 0 Å². The maximum atomic E-state index is 13.3. The van der Waals surface area contributed by atoms with Gasteiger partial charge in [-0.15, -0.1) is 0 Å². The first-order valence-electron chi connectivity index (χ1n) is 4.44. The third-order valence-corrected chi connectivity index (χ3v) is 2.56. The third kappa shape index (κ3) is 2.50. The minimum absolute atomic E-state index is 0.00339. The van der Waals surface area contributed by atoms with Crippen LogP contribution in [-0.2, 0) is 0 Å². The van der Waals surface area contributed by atoms with Crippen molar-refractivity contribution in [3.8, 4) is 11.6 Å². The second-order valence-corrected chi connectivity index (χ2v) is 3.82. The number of hydrogen-bond donors (Lipinski definition) is 1. The lowest BCUT2D eigenvalue weighted by Crippen LogP contribution is -2.08. The lowest BCUT2D eigenvalue weighted by atomic mass is 10.3. The molecule has 1 N–H and O–H groups in total. The monoisotopic (exact) mass is 302 g/mol. The van der Waals surface area contributed by atoms with Gasteiger partial charge in [-0.3, -0.25) is 4.79 Å². The summed E-state index contributed by atoms with van der Waals surface area (Å²) < 4.78 is 31.2. The maximum Gasteiger partial charge on any atom is 0.268 e. The van der Waals surface area contributed by atoms with Crippen molar-refractivity contribution in [2.75, 3.05) is 0 Å². The number of nitrogens with one attached hydrogen (secondary N) is 1. The van der Waals surface area contributed by atoms with E-state index in [0.717, 1.165) is 24.5 Å². The molecule has 0 fully saturated rings. The topological polar surface area (TPSA) is 55.0 Å². The third-order valence-electron chi connectivity index (χ3n) is 1.86. The zero-order valence-corrected chi connectivity index (χ0v) is 9.79. The van der Waals surface area contributed by atoms with Gasteiger partial charge in [-0.25, -0.2) is 13.8 Å². The van der Waals surface area contributed by atoms with Crippen LogP contribution in [0.1, 0.15) is 0 Å². The molecule has 17 heavy (non-hydrogen) atoms. The number of aromatic amines is 1. The molecule has 2 aromatic rings. The van der Waals surface area contributed by atoms with Crippen LogP contribution in [0.4, 0.5) is 8.78 Å². The van der Waals surface area contributed by atoms with Gasteiger partial charge in [0.2, 0.25) is 5.88 Å². The highest BCUT2D eigenvalue weighted by molar-refractivity contribution is 9.10. The Kier molecular flexibility index (Phi) is 3.19. The van der Waals surface area contributed by atoms with E-state index in [-0.39, 0.29) is 16.1 Å². The highest BCUT2D eigenvalue weighted by atomic mass is 79.9. The summed E-state index contributed by atoms with van der Waals surface area (Å²) in [5.74, 6) is -1.88. The molecule has 0 aliphatic carbocycles. The summed E-state index contributed by atoms with van der Waals surface area (Å²) in [6.45, 7) is 0. The molecule has 0 amide bonds. The molecule has 0 saturated heterocycles.